The van der Waals surface area contributed by atoms with E-state index >= 15 is 0 Å². The minimum Gasteiger partial charge on any atom is -0.506 e. The second-order valence-corrected chi connectivity index (χ2v) is 10.2. The molecule has 2 fully saturated rings. The van der Waals surface area contributed by atoms with Gasteiger partial charge in [0.25, 0.3) is 5.91 Å². The number of aromatic hydroxyl groups is 1. The number of anilines is 1. The molecule has 0 aliphatic carbocycles. The van der Waals surface area contributed by atoms with E-state index in [4.69, 9.17) is 4.99 Å². The van der Waals surface area contributed by atoms with Crippen molar-refractivity contribution in [2.75, 3.05) is 24.5 Å². The van der Waals surface area contributed by atoms with E-state index in [9.17, 15) is 9.90 Å². The Labute approximate surface area is 203 Å². The third kappa shape index (κ3) is 5.02. The number of aliphatic imine (C=N–C) groups is 1. The van der Waals surface area contributed by atoms with Crippen molar-refractivity contribution in [2.45, 2.75) is 26.2 Å². The van der Waals surface area contributed by atoms with Gasteiger partial charge in [-0.25, -0.2) is 4.99 Å². The Morgan fingerprint density at radius 3 is 2.35 bits per heavy atom. The molecule has 1 amide bonds. The first-order valence-corrected chi connectivity index (χ1v) is 12.7. The van der Waals surface area contributed by atoms with Gasteiger partial charge in [0.15, 0.2) is 5.17 Å². The zero-order valence-electron chi connectivity index (χ0n) is 17.1. The minimum atomic E-state index is -0.0588. The van der Waals surface area contributed by atoms with Gasteiger partial charge in [-0.2, -0.15) is 0 Å². The van der Waals surface area contributed by atoms with Crippen molar-refractivity contribution in [1.29, 1.82) is 0 Å². The molecule has 0 aromatic heterocycles. The van der Waals surface area contributed by atoms with Crippen LogP contribution in [0.5, 0.6) is 5.75 Å². The highest BCUT2D eigenvalue weighted by atomic mass is 79.9. The first-order chi connectivity index (χ1) is 15.0. The fourth-order valence-electron chi connectivity index (χ4n) is 3.69. The van der Waals surface area contributed by atoms with Crippen LogP contribution in [0.2, 0.25) is 0 Å². The molecule has 2 aliphatic heterocycles. The number of benzene rings is 2. The standard InChI is InChI=1S/C23H23Br2N3O2S/c1-2-28-22(30)20(14-15-12-18(24)21(29)19(25)13-15)31-23(28)26-16-6-8-17(9-7-16)27-10-4-3-5-11-27/h6-9,12-14,29H,2-5,10-11H2,1H3/b20-14-,26-23?. The summed E-state index contributed by atoms with van der Waals surface area (Å²) >= 11 is 8.05. The second-order valence-electron chi connectivity index (χ2n) is 7.45. The number of halogens is 2. The van der Waals surface area contributed by atoms with Gasteiger partial charge in [0.1, 0.15) is 5.75 Å². The molecule has 2 heterocycles. The molecule has 2 aromatic carbocycles. The molecule has 8 heteroatoms. The zero-order valence-corrected chi connectivity index (χ0v) is 21.1. The van der Waals surface area contributed by atoms with Crippen molar-refractivity contribution in [3.63, 3.8) is 0 Å². The Bertz CT molecular complexity index is 1020. The number of carbonyl (C=O) groups excluding carboxylic acids is 1. The van der Waals surface area contributed by atoms with E-state index in [0.717, 1.165) is 24.3 Å². The fourth-order valence-corrected chi connectivity index (χ4v) is 5.97. The van der Waals surface area contributed by atoms with Gasteiger partial charge in [-0.15, -0.1) is 0 Å². The molecule has 0 spiro atoms. The minimum absolute atomic E-state index is 0.0588. The summed E-state index contributed by atoms with van der Waals surface area (Å²) < 4.78 is 1.14. The lowest BCUT2D eigenvalue weighted by atomic mass is 10.1. The summed E-state index contributed by atoms with van der Waals surface area (Å²) in [5, 5.41) is 10.6. The normalized spacial score (nSPS) is 19.6. The van der Waals surface area contributed by atoms with Crippen LogP contribution in [-0.4, -0.2) is 40.7 Å². The van der Waals surface area contributed by atoms with Crippen LogP contribution in [0.25, 0.3) is 6.08 Å². The summed E-state index contributed by atoms with van der Waals surface area (Å²) in [7, 11) is 0. The Balaban J connectivity index is 1.57. The summed E-state index contributed by atoms with van der Waals surface area (Å²) in [6.07, 6.45) is 5.63. The summed E-state index contributed by atoms with van der Waals surface area (Å²) in [4.78, 5) is 22.4. The summed E-state index contributed by atoms with van der Waals surface area (Å²) in [6.45, 7) is 4.72. The Kier molecular flexibility index (Phi) is 7.08. The fraction of sp³-hybridized carbons (Fsp3) is 0.304. The van der Waals surface area contributed by atoms with Crippen LogP contribution >= 0.6 is 43.6 Å². The molecule has 0 radical (unpaired) electrons. The average Bonchev–Trinajstić information content (AvgIpc) is 3.07. The Morgan fingerprint density at radius 2 is 1.74 bits per heavy atom. The van der Waals surface area contributed by atoms with Gasteiger partial charge in [0, 0.05) is 25.3 Å². The molecule has 4 rings (SSSR count). The van der Waals surface area contributed by atoms with E-state index in [2.05, 4.69) is 48.9 Å². The molecular formula is C23H23Br2N3O2S. The predicted octanol–water partition coefficient (Wildman–Crippen LogP) is 6.53. The summed E-state index contributed by atoms with van der Waals surface area (Å²) in [5.74, 6) is 0.0782. The van der Waals surface area contributed by atoms with Gasteiger partial charge in [-0.1, -0.05) is 0 Å². The van der Waals surface area contributed by atoms with Gasteiger partial charge in [-0.3, -0.25) is 9.69 Å². The number of hydrogen-bond donors (Lipinski definition) is 1. The third-order valence-electron chi connectivity index (χ3n) is 5.34. The van der Waals surface area contributed by atoms with Crippen LogP contribution < -0.4 is 4.90 Å². The predicted molar refractivity (Wildman–Crippen MR) is 136 cm³/mol. The number of phenolic OH excluding ortho intramolecular Hbond substituents is 1. The SMILES string of the molecule is CCN1C(=O)/C(=C/c2cc(Br)c(O)c(Br)c2)SC1=Nc1ccc(N2CCCCC2)cc1. The first kappa shape index (κ1) is 22.4. The molecular weight excluding hydrogens is 542 g/mol. The summed E-state index contributed by atoms with van der Waals surface area (Å²) in [6, 6.07) is 11.8. The first-order valence-electron chi connectivity index (χ1n) is 10.3. The second kappa shape index (κ2) is 9.79. The number of likely N-dealkylation sites (N-methyl/N-ethyl adjacent to an activating group) is 1. The van der Waals surface area contributed by atoms with E-state index in [1.54, 1.807) is 17.0 Å². The smallest absolute Gasteiger partial charge is 0.266 e. The highest BCUT2D eigenvalue weighted by molar-refractivity contribution is 9.11. The number of hydrogen-bond acceptors (Lipinski definition) is 5. The maximum absolute atomic E-state index is 12.9. The van der Waals surface area contributed by atoms with Crippen LogP contribution in [0.3, 0.4) is 0 Å². The number of nitrogens with zero attached hydrogens (tertiary/aromatic N) is 3. The lowest BCUT2D eigenvalue weighted by Gasteiger charge is -2.28. The van der Waals surface area contributed by atoms with Gasteiger partial charge in [0.05, 0.1) is 19.5 Å². The monoisotopic (exact) mass is 563 g/mol. The number of thioether (sulfide) groups is 1. The van der Waals surface area contributed by atoms with Crippen molar-refractivity contribution in [2.24, 2.45) is 4.99 Å². The van der Waals surface area contributed by atoms with Gasteiger partial charge < -0.3 is 10.0 Å². The van der Waals surface area contributed by atoms with Crippen molar-refractivity contribution >= 4 is 72.1 Å². The van der Waals surface area contributed by atoms with Crippen molar-refractivity contribution in [3.8, 4) is 5.75 Å². The lowest BCUT2D eigenvalue weighted by molar-refractivity contribution is -0.122. The molecule has 0 bridgehead atoms. The molecule has 2 aromatic rings. The van der Waals surface area contributed by atoms with Crippen molar-refractivity contribution < 1.29 is 9.90 Å². The maximum atomic E-state index is 12.9. The molecule has 0 atom stereocenters. The highest BCUT2D eigenvalue weighted by Gasteiger charge is 2.32. The molecule has 0 saturated carbocycles. The van der Waals surface area contributed by atoms with Crippen LogP contribution in [0, 0.1) is 0 Å². The van der Waals surface area contributed by atoms with Gasteiger partial charge in [-0.05, 0) is 118 Å². The zero-order chi connectivity index (χ0) is 22.0. The number of amides is 1. The van der Waals surface area contributed by atoms with Crippen LogP contribution in [0.15, 0.2) is 55.2 Å². The molecule has 31 heavy (non-hydrogen) atoms. The number of carbonyl (C=O) groups is 1. The molecule has 0 unspecified atom stereocenters. The van der Waals surface area contributed by atoms with E-state index < -0.39 is 0 Å². The molecule has 162 valence electrons. The molecule has 5 nitrogen and oxygen atoms in total. The lowest BCUT2D eigenvalue weighted by Crippen LogP contribution is -2.29. The average molecular weight is 565 g/mol. The number of piperidine rings is 1. The largest absolute Gasteiger partial charge is 0.506 e. The van der Waals surface area contributed by atoms with Gasteiger partial charge in [0.2, 0.25) is 0 Å². The molecule has 1 N–H and O–H groups in total. The number of rotatable bonds is 4. The quantitative estimate of drug-likeness (QED) is 0.429. The Morgan fingerprint density at radius 1 is 1.10 bits per heavy atom. The maximum Gasteiger partial charge on any atom is 0.266 e. The highest BCUT2D eigenvalue weighted by Crippen LogP contribution is 2.37. The molecule has 2 aliphatic rings. The molecule has 2 saturated heterocycles. The topological polar surface area (TPSA) is 56.1 Å². The van der Waals surface area contributed by atoms with Crippen LogP contribution in [0.1, 0.15) is 31.7 Å². The van der Waals surface area contributed by atoms with E-state index in [1.165, 1.54) is 36.7 Å². The van der Waals surface area contributed by atoms with Crippen molar-refractivity contribution in [1.82, 2.24) is 4.90 Å². The van der Waals surface area contributed by atoms with E-state index in [0.29, 0.717) is 25.6 Å². The number of phenols is 1. The van der Waals surface area contributed by atoms with Gasteiger partial charge >= 0.3 is 0 Å². The van der Waals surface area contributed by atoms with Crippen LogP contribution in [0.4, 0.5) is 11.4 Å². The Hall–Kier alpha value is -1.77. The third-order valence-corrected chi connectivity index (χ3v) is 7.55. The van der Waals surface area contributed by atoms with E-state index in [-0.39, 0.29) is 11.7 Å². The van der Waals surface area contributed by atoms with Crippen LogP contribution in [-0.2, 0) is 4.79 Å². The van der Waals surface area contributed by atoms with E-state index in [1.807, 2.05) is 25.1 Å². The number of amidine groups is 1. The van der Waals surface area contributed by atoms with Crippen molar-refractivity contribution in [3.05, 3.63) is 55.8 Å². The summed E-state index contributed by atoms with van der Waals surface area (Å²) in [5.41, 5.74) is 2.89.